The predicted octanol–water partition coefficient (Wildman–Crippen LogP) is 2.59. The van der Waals surface area contributed by atoms with Crippen molar-refractivity contribution in [1.29, 1.82) is 0 Å². The smallest absolute Gasteiger partial charge is 0.353 e. The third kappa shape index (κ3) is 4.29. The number of rotatable bonds is 9. The normalized spacial score (nSPS) is 10.2. The Bertz CT molecular complexity index is 695. The molecular formula is C15H19N5O4. The fourth-order valence-corrected chi connectivity index (χ4v) is 2.07. The highest BCUT2D eigenvalue weighted by Gasteiger charge is 2.23. The first-order valence-electron chi connectivity index (χ1n) is 7.29. The molecule has 0 spiro atoms. The summed E-state index contributed by atoms with van der Waals surface area (Å²) in [5.41, 5.74) is 0.355. The van der Waals surface area contributed by atoms with Crippen LogP contribution in [0.25, 0.3) is 0 Å². The predicted molar refractivity (Wildman–Crippen MR) is 89.9 cm³/mol. The summed E-state index contributed by atoms with van der Waals surface area (Å²) in [5, 5.41) is 17.3. The third-order valence-electron chi connectivity index (χ3n) is 3.18. The van der Waals surface area contributed by atoms with Gasteiger partial charge < -0.3 is 20.1 Å². The quantitative estimate of drug-likeness (QED) is 0.409. The topological polar surface area (TPSA) is 111 Å². The molecule has 0 aliphatic heterocycles. The van der Waals surface area contributed by atoms with Crippen molar-refractivity contribution in [2.75, 3.05) is 38.0 Å². The summed E-state index contributed by atoms with van der Waals surface area (Å²) < 4.78 is 10.2. The van der Waals surface area contributed by atoms with Gasteiger partial charge in [0, 0.05) is 20.3 Å². The lowest BCUT2D eigenvalue weighted by Gasteiger charge is -2.12. The fraction of sp³-hybridized carbons (Fsp3) is 0.333. The van der Waals surface area contributed by atoms with Crippen LogP contribution >= 0.6 is 0 Å². The number of para-hydroxylation sites is 2. The van der Waals surface area contributed by atoms with Crippen LogP contribution in [-0.4, -0.2) is 42.3 Å². The highest BCUT2D eigenvalue weighted by molar-refractivity contribution is 5.75. The molecule has 0 unspecified atom stereocenters. The second-order valence-electron chi connectivity index (χ2n) is 4.78. The highest BCUT2D eigenvalue weighted by Crippen LogP contribution is 2.33. The summed E-state index contributed by atoms with van der Waals surface area (Å²) in [6.45, 7) is 1.05. The van der Waals surface area contributed by atoms with E-state index in [1.165, 1.54) is 13.4 Å². The van der Waals surface area contributed by atoms with Crippen LogP contribution in [0.3, 0.4) is 0 Å². The summed E-state index contributed by atoms with van der Waals surface area (Å²) in [5.74, 6) is 0.803. The van der Waals surface area contributed by atoms with Gasteiger partial charge in [-0.1, -0.05) is 12.1 Å². The van der Waals surface area contributed by atoms with Crippen LogP contribution in [0.1, 0.15) is 6.42 Å². The fourth-order valence-electron chi connectivity index (χ4n) is 2.07. The molecule has 9 nitrogen and oxygen atoms in total. The molecule has 2 aromatic rings. The first-order chi connectivity index (χ1) is 11.7. The van der Waals surface area contributed by atoms with Crippen LogP contribution < -0.4 is 15.4 Å². The van der Waals surface area contributed by atoms with E-state index in [0.29, 0.717) is 31.0 Å². The van der Waals surface area contributed by atoms with Gasteiger partial charge in [-0.15, -0.1) is 0 Å². The van der Waals surface area contributed by atoms with E-state index >= 15 is 0 Å². The van der Waals surface area contributed by atoms with Crippen LogP contribution in [-0.2, 0) is 4.74 Å². The molecule has 0 bridgehead atoms. The number of nitrogens with one attached hydrogen (secondary N) is 2. The number of methoxy groups -OCH3 is 2. The van der Waals surface area contributed by atoms with Gasteiger partial charge in [0.1, 0.15) is 12.1 Å². The van der Waals surface area contributed by atoms with Crippen LogP contribution in [0, 0.1) is 10.1 Å². The van der Waals surface area contributed by atoms with Crippen molar-refractivity contribution in [3.05, 3.63) is 40.7 Å². The van der Waals surface area contributed by atoms with Gasteiger partial charge in [-0.3, -0.25) is 10.1 Å². The molecule has 1 aromatic heterocycles. The van der Waals surface area contributed by atoms with Gasteiger partial charge in [-0.05, 0) is 18.6 Å². The lowest BCUT2D eigenvalue weighted by Crippen LogP contribution is -2.10. The van der Waals surface area contributed by atoms with E-state index in [-0.39, 0.29) is 17.3 Å². The molecule has 2 rings (SSSR count). The number of hydrogen-bond donors (Lipinski definition) is 2. The Labute approximate surface area is 139 Å². The van der Waals surface area contributed by atoms with Gasteiger partial charge in [0.15, 0.2) is 0 Å². The average Bonchev–Trinajstić information content (AvgIpc) is 2.59. The molecule has 1 aromatic carbocycles. The van der Waals surface area contributed by atoms with Crippen molar-refractivity contribution in [3.8, 4) is 5.75 Å². The van der Waals surface area contributed by atoms with Crippen molar-refractivity contribution in [2.24, 2.45) is 0 Å². The Morgan fingerprint density at radius 3 is 2.67 bits per heavy atom. The monoisotopic (exact) mass is 333 g/mol. The molecule has 0 saturated heterocycles. The minimum absolute atomic E-state index is 0.0914. The first-order valence-corrected chi connectivity index (χ1v) is 7.29. The van der Waals surface area contributed by atoms with Gasteiger partial charge in [0.2, 0.25) is 11.6 Å². The van der Waals surface area contributed by atoms with E-state index in [2.05, 4.69) is 20.6 Å². The minimum Gasteiger partial charge on any atom is -0.495 e. The molecule has 0 radical (unpaired) electrons. The molecule has 2 N–H and O–H groups in total. The number of benzene rings is 1. The summed E-state index contributed by atoms with van der Waals surface area (Å²) in [4.78, 5) is 18.9. The van der Waals surface area contributed by atoms with Gasteiger partial charge in [0.05, 0.1) is 17.7 Å². The zero-order valence-corrected chi connectivity index (χ0v) is 13.5. The largest absolute Gasteiger partial charge is 0.495 e. The molecule has 0 saturated carbocycles. The van der Waals surface area contributed by atoms with Crippen molar-refractivity contribution in [3.63, 3.8) is 0 Å². The molecule has 0 aliphatic rings. The van der Waals surface area contributed by atoms with Gasteiger partial charge in [-0.25, -0.2) is 9.97 Å². The van der Waals surface area contributed by atoms with E-state index in [1.807, 2.05) is 0 Å². The second-order valence-corrected chi connectivity index (χ2v) is 4.78. The van der Waals surface area contributed by atoms with E-state index in [4.69, 9.17) is 9.47 Å². The standard InChI is InChI=1S/C15H19N5O4/c1-23-9-5-8-16-14-13(20(21)22)15(18-10-17-14)19-11-6-3-4-7-12(11)24-2/h3-4,6-7,10H,5,8-9H2,1-2H3,(H2,16,17,18,19). The number of hydrogen-bond acceptors (Lipinski definition) is 8. The maximum atomic E-state index is 11.5. The second kappa shape index (κ2) is 8.63. The summed E-state index contributed by atoms with van der Waals surface area (Å²) >= 11 is 0. The third-order valence-corrected chi connectivity index (χ3v) is 3.18. The molecular weight excluding hydrogens is 314 g/mol. The zero-order valence-electron chi connectivity index (χ0n) is 13.5. The summed E-state index contributed by atoms with van der Waals surface area (Å²) in [6, 6.07) is 7.10. The maximum Gasteiger partial charge on any atom is 0.353 e. The molecule has 9 heteroatoms. The van der Waals surface area contributed by atoms with E-state index in [9.17, 15) is 10.1 Å². The SMILES string of the molecule is COCCCNc1ncnc(Nc2ccccc2OC)c1[N+](=O)[O-]. The Hall–Kier alpha value is -2.94. The number of anilines is 3. The van der Waals surface area contributed by atoms with Crippen LogP contribution in [0.5, 0.6) is 5.75 Å². The van der Waals surface area contributed by atoms with Crippen molar-refractivity contribution >= 4 is 23.0 Å². The lowest BCUT2D eigenvalue weighted by molar-refractivity contribution is -0.383. The summed E-state index contributed by atoms with van der Waals surface area (Å²) in [6.07, 6.45) is 1.97. The van der Waals surface area contributed by atoms with Crippen molar-refractivity contribution < 1.29 is 14.4 Å². The number of nitro groups is 1. The Kier molecular flexibility index (Phi) is 6.26. The van der Waals surface area contributed by atoms with Crippen LogP contribution in [0.15, 0.2) is 30.6 Å². The lowest BCUT2D eigenvalue weighted by atomic mass is 10.3. The number of ether oxygens (including phenoxy) is 2. The molecule has 0 amide bonds. The van der Waals surface area contributed by atoms with E-state index in [1.54, 1.807) is 31.4 Å². The zero-order chi connectivity index (χ0) is 17.4. The Balaban J connectivity index is 2.27. The number of aromatic nitrogens is 2. The number of nitrogens with zero attached hydrogens (tertiary/aromatic N) is 3. The van der Waals surface area contributed by atoms with E-state index in [0.717, 1.165) is 0 Å². The van der Waals surface area contributed by atoms with Crippen molar-refractivity contribution in [1.82, 2.24) is 9.97 Å². The molecule has 0 aliphatic carbocycles. The Morgan fingerprint density at radius 1 is 1.21 bits per heavy atom. The minimum atomic E-state index is -0.517. The highest BCUT2D eigenvalue weighted by atomic mass is 16.6. The van der Waals surface area contributed by atoms with Gasteiger partial charge in [0.25, 0.3) is 0 Å². The van der Waals surface area contributed by atoms with E-state index < -0.39 is 4.92 Å². The van der Waals surface area contributed by atoms with Crippen LogP contribution in [0.2, 0.25) is 0 Å². The van der Waals surface area contributed by atoms with Crippen molar-refractivity contribution in [2.45, 2.75) is 6.42 Å². The molecule has 24 heavy (non-hydrogen) atoms. The molecule has 0 atom stereocenters. The Morgan fingerprint density at radius 2 is 1.96 bits per heavy atom. The van der Waals surface area contributed by atoms with Gasteiger partial charge >= 0.3 is 5.69 Å². The van der Waals surface area contributed by atoms with Crippen LogP contribution in [0.4, 0.5) is 23.0 Å². The average molecular weight is 333 g/mol. The molecule has 1 heterocycles. The first kappa shape index (κ1) is 17.4. The molecule has 0 fully saturated rings. The maximum absolute atomic E-state index is 11.5. The molecule has 128 valence electrons. The summed E-state index contributed by atoms with van der Waals surface area (Å²) in [7, 11) is 3.13. The van der Waals surface area contributed by atoms with Gasteiger partial charge in [-0.2, -0.15) is 0 Å².